The summed E-state index contributed by atoms with van der Waals surface area (Å²) in [6, 6.07) is 17.4. The lowest BCUT2D eigenvalue weighted by molar-refractivity contribution is -0.144. The molecule has 150 valence electrons. The van der Waals surface area contributed by atoms with Gasteiger partial charge >= 0.3 is 13.0 Å². The minimum absolute atomic E-state index is 0.317. The molecule has 1 heterocycles. The molecular weight excluding hydrogens is 377 g/mol. The molecule has 0 radical (unpaired) electrons. The molecule has 28 heavy (non-hydrogen) atoms. The van der Waals surface area contributed by atoms with Crippen LogP contribution in [0.1, 0.15) is 6.42 Å². The number of thioether (sulfide) groups is 1. The van der Waals surface area contributed by atoms with Crippen molar-refractivity contribution >= 4 is 24.8 Å². The molecule has 0 saturated carbocycles. The van der Waals surface area contributed by atoms with Crippen molar-refractivity contribution in [2.75, 3.05) is 19.9 Å². The summed E-state index contributed by atoms with van der Waals surface area (Å²) >= 11 is 1.73. The molecule has 1 fully saturated rings. The highest BCUT2D eigenvalue weighted by Crippen LogP contribution is 2.23. The zero-order valence-electron chi connectivity index (χ0n) is 16.3. The van der Waals surface area contributed by atoms with Crippen molar-refractivity contribution in [2.45, 2.75) is 30.3 Å². The molecule has 1 aliphatic heterocycles. The summed E-state index contributed by atoms with van der Waals surface area (Å²) in [6.45, 7) is 1.88. The van der Waals surface area contributed by atoms with Crippen LogP contribution in [0.4, 0.5) is 0 Å². The number of methoxy groups -OCH3 is 1. The maximum absolute atomic E-state index is 11.2. The van der Waals surface area contributed by atoms with Gasteiger partial charge in [-0.15, -0.1) is 11.8 Å². The number of para-hydroxylation sites is 1. The summed E-state index contributed by atoms with van der Waals surface area (Å²) in [5.74, 6) is 1.34. The van der Waals surface area contributed by atoms with Gasteiger partial charge in [-0.25, -0.2) is 0 Å². The lowest BCUT2D eigenvalue weighted by Gasteiger charge is -2.22. The number of nitrogens with zero attached hydrogens (tertiary/aromatic N) is 1. The SMILES string of the molecule is COC(=O)[C@@H]1C[C@@H](O)CN1B(C)O.CSc1ccc(Oc2ccccc2)cc1. The van der Waals surface area contributed by atoms with Crippen LogP contribution < -0.4 is 4.74 Å². The Morgan fingerprint density at radius 3 is 2.29 bits per heavy atom. The molecule has 0 amide bonds. The van der Waals surface area contributed by atoms with Crippen molar-refractivity contribution < 1.29 is 24.4 Å². The molecule has 2 aromatic carbocycles. The van der Waals surface area contributed by atoms with E-state index in [4.69, 9.17) is 4.74 Å². The fourth-order valence-corrected chi connectivity index (χ4v) is 3.30. The molecule has 1 aliphatic rings. The molecule has 0 spiro atoms. The van der Waals surface area contributed by atoms with Crippen LogP contribution in [-0.4, -0.2) is 60.0 Å². The second-order valence-corrected chi connectivity index (χ2v) is 7.23. The third kappa shape index (κ3) is 6.56. The highest BCUT2D eigenvalue weighted by atomic mass is 32.2. The van der Waals surface area contributed by atoms with Crippen LogP contribution in [-0.2, 0) is 9.53 Å². The van der Waals surface area contributed by atoms with E-state index in [9.17, 15) is 14.9 Å². The molecule has 0 unspecified atom stereocenters. The number of esters is 1. The number of β-amino-alcohol motifs (C(OH)–C–C–N with tert-alkyl or cyclic N) is 1. The van der Waals surface area contributed by atoms with Crippen molar-refractivity contribution in [3.05, 3.63) is 54.6 Å². The van der Waals surface area contributed by atoms with Gasteiger partial charge in [0.15, 0.2) is 0 Å². The van der Waals surface area contributed by atoms with E-state index in [2.05, 4.69) is 23.1 Å². The first-order valence-electron chi connectivity index (χ1n) is 9.01. The maximum atomic E-state index is 11.2. The molecule has 0 aromatic heterocycles. The van der Waals surface area contributed by atoms with E-state index in [1.807, 2.05) is 42.5 Å². The van der Waals surface area contributed by atoms with E-state index in [-0.39, 0.29) is 0 Å². The molecule has 6 nitrogen and oxygen atoms in total. The monoisotopic (exact) mass is 403 g/mol. The predicted octanol–water partition coefficient (Wildman–Crippen LogP) is 2.91. The molecule has 0 aliphatic carbocycles. The van der Waals surface area contributed by atoms with E-state index in [0.717, 1.165) is 11.5 Å². The number of hydrogen-bond acceptors (Lipinski definition) is 7. The van der Waals surface area contributed by atoms with E-state index >= 15 is 0 Å². The van der Waals surface area contributed by atoms with Gasteiger partial charge in [0, 0.05) is 11.4 Å². The Morgan fingerprint density at radius 2 is 1.75 bits per heavy atom. The fraction of sp³-hybridized carbons (Fsp3) is 0.350. The molecule has 8 heteroatoms. The van der Waals surface area contributed by atoms with Crippen molar-refractivity contribution in [1.82, 2.24) is 4.81 Å². The van der Waals surface area contributed by atoms with Crippen LogP contribution in [0.2, 0.25) is 6.82 Å². The summed E-state index contributed by atoms with van der Waals surface area (Å²) in [7, 11) is 0.564. The van der Waals surface area contributed by atoms with Gasteiger partial charge in [-0.05, 0) is 55.9 Å². The standard InChI is InChI=1S/C13H12OS.C7H14BNO4/c1-15-13-9-7-12(8-10-13)14-11-5-3-2-4-6-11;1-8(12)9-4-5(10)3-6(9)7(11)13-2/h2-10H,1H3;5-6,10,12H,3-4H2,1-2H3/t;5-,6+/m.1/s1. The van der Waals surface area contributed by atoms with Crippen LogP contribution in [0.15, 0.2) is 59.5 Å². The van der Waals surface area contributed by atoms with Gasteiger partial charge in [0.2, 0.25) is 0 Å². The van der Waals surface area contributed by atoms with Crippen LogP contribution in [0, 0.1) is 0 Å². The van der Waals surface area contributed by atoms with Gasteiger partial charge in [-0.2, -0.15) is 0 Å². The normalized spacial score (nSPS) is 18.8. The van der Waals surface area contributed by atoms with Gasteiger partial charge in [-0.3, -0.25) is 4.79 Å². The summed E-state index contributed by atoms with van der Waals surface area (Å²) in [4.78, 5) is 14.0. The smallest absolute Gasteiger partial charge is 0.377 e. The number of hydrogen-bond donors (Lipinski definition) is 2. The Hall–Kier alpha value is -2.00. The van der Waals surface area contributed by atoms with Gasteiger partial charge < -0.3 is 24.4 Å². The number of aliphatic hydroxyl groups excluding tert-OH is 1. The number of carbonyl (C=O) groups excluding carboxylic acids is 1. The van der Waals surface area contributed by atoms with Gasteiger partial charge in [-0.1, -0.05) is 18.2 Å². The van der Waals surface area contributed by atoms with Crippen LogP contribution >= 0.6 is 11.8 Å². The third-order valence-corrected chi connectivity index (χ3v) is 5.05. The third-order valence-electron chi connectivity index (χ3n) is 4.31. The minimum Gasteiger partial charge on any atom is -0.468 e. The van der Waals surface area contributed by atoms with E-state index in [1.54, 1.807) is 18.6 Å². The molecule has 0 bridgehead atoms. The first kappa shape index (κ1) is 22.3. The van der Waals surface area contributed by atoms with Gasteiger partial charge in [0.05, 0.1) is 13.2 Å². The van der Waals surface area contributed by atoms with E-state index < -0.39 is 25.2 Å². The number of ether oxygens (including phenoxy) is 2. The van der Waals surface area contributed by atoms with Crippen molar-refractivity contribution in [3.8, 4) is 11.5 Å². The number of carbonyl (C=O) groups is 1. The Morgan fingerprint density at radius 1 is 1.14 bits per heavy atom. The highest BCUT2D eigenvalue weighted by molar-refractivity contribution is 7.98. The first-order valence-corrected chi connectivity index (χ1v) is 10.2. The summed E-state index contributed by atoms with van der Waals surface area (Å²) in [6.07, 6.45) is 1.84. The van der Waals surface area contributed by atoms with Gasteiger partial charge in [0.25, 0.3) is 0 Å². The lowest BCUT2D eigenvalue weighted by Crippen LogP contribution is -2.45. The Labute approximate surface area is 170 Å². The zero-order chi connectivity index (χ0) is 20.5. The topological polar surface area (TPSA) is 79.2 Å². The second kappa shape index (κ2) is 11.1. The zero-order valence-corrected chi connectivity index (χ0v) is 17.1. The van der Waals surface area contributed by atoms with E-state index in [0.29, 0.717) is 13.0 Å². The molecule has 2 N–H and O–H groups in total. The van der Waals surface area contributed by atoms with Crippen molar-refractivity contribution in [3.63, 3.8) is 0 Å². The van der Waals surface area contributed by atoms with Crippen LogP contribution in [0.25, 0.3) is 0 Å². The first-order chi connectivity index (χ1) is 13.4. The molecule has 2 atom stereocenters. The van der Waals surface area contributed by atoms with Crippen LogP contribution in [0.3, 0.4) is 0 Å². The number of aliphatic hydroxyl groups is 1. The summed E-state index contributed by atoms with van der Waals surface area (Å²) in [5.41, 5.74) is 0. The number of benzene rings is 2. The fourth-order valence-electron chi connectivity index (χ4n) is 2.89. The predicted molar refractivity (Wildman–Crippen MR) is 112 cm³/mol. The molecule has 1 saturated heterocycles. The highest BCUT2D eigenvalue weighted by Gasteiger charge is 2.39. The maximum Gasteiger partial charge on any atom is 0.377 e. The summed E-state index contributed by atoms with van der Waals surface area (Å²) in [5, 5.41) is 18.6. The van der Waals surface area contributed by atoms with Gasteiger partial charge in [0.1, 0.15) is 17.5 Å². The second-order valence-electron chi connectivity index (χ2n) is 6.35. The molecular formula is C20H26BNO5S. The van der Waals surface area contributed by atoms with E-state index in [1.165, 1.54) is 16.8 Å². The van der Waals surface area contributed by atoms with Crippen molar-refractivity contribution in [1.29, 1.82) is 0 Å². The lowest BCUT2D eigenvalue weighted by atomic mass is 9.84. The van der Waals surface area contributed by atoms with Crippen molar-refractivity contribution in [2.24, 2.45) is 0 Å². The molecule has 3 rings (SSSR count). The number of rotatable bonds is 5. The molecule has 2 aromatic rings. The Kier molecular flexibility index (Phi) is 8.85. The average Bonchev–Trinajstić information content (AvgIpc) is 3.11. The minimum atomic E-state index is -0.735. The quantitative estimate of drug-likeness (QED) is 0.452. The average molecular weight is 403 g/mol. The summed E-state index contributed by atoms with van der Waals surface area (Å²) < 4.78 is 10.2. The Bertz CT molecular complexity index is 729. The largest absolute Gasteiger partial charge is 0.468 e. The Balaban J connectivity index is 0.000000203. The van der Waals surface area contributed by atoms with Crippen LogP contribution in [0.5, 0.6) is 11.5 Å².